The minimum Gasteiger partial charge on any atom is -0.450 e. The summed E-state index contributed by atoms with van der Waals surface area (Å²) in [6.45, 7) is 4.04. The van der Waals surface area contributed by atoms with E-state index in [4.69, 9.17) is 4.74 Å². The lowest BCUT2D eigenvalue weighted by Gasteiger charge is -2.25. The number of thiophene rings is 2. The number of sulfonamides is 1. The van der Waals surface area contributed by atoms with E-state index in [-0.39, 0.29) is 21.5 Å². The Balaban J connectivity index is 1.69. The molecule has 1 saturated heterocycles. The van der Waals surface area contributed by atoms with Crippen LogP contribution in [0.15, 0.2) is 28.5 Å². The van der Waals surface area contributed by atoms with Crippen molar-refractivity contribution < 1.29 is 27.5 Å². The van der Waals surface area contributed by atoms with Crippen LogP contribution in [0.3, 0.4) is 0 Å². The Morgan fingerprint density at radius 1 is 1.16 bits per heavy atom. The molecule has 0 bridgehead atoms. The normalized spacial score (nSPS) is 15.9. The maximum atomic E-state index is 13.0. The predicted molar refractivity (Wildman–Crippen MR) is 118 cm³/mol. The second-order valence-electron chi connectivity index (χ2n) is 7.17. The maximum absolute atomic E-state index is 13.0. The van der Waals surface area contributed by atoms with Crippen LogP contribution in [0.4, 0.5) is 0 Å². The minimum atomic E-state index is -3.79. The number of piperidine rings is 1. The SMILES string of the molecule is CC(=O)NCc1ccc(C(=O)[C@@H](C)OC(=O)c2sccc2S(=O)(=O)N2CCCCC2)s1. The average Bonchev–Trinajstić information content (AvgIpc) is 3.42. The third kappa shape index (κ3) is 5.59. The largest absolute Gasteiger partial charge is 0.450 e. The smallest absolute Gasteiger partial charge is 0.350 e. The van der Waals surface area contributed by atoms with Gasteiger partial charge in [-0.1, -0.05) is 6.42 Å². The molecule has 0 aromatic carbocycles. The van der Waals surface area contributed by atoms with Crippen LogP contribution in [0.1, 0.15) is 57.3 Å². The van der Waals surface area contributed by atoms with Crippen LogP contribution in [-0.2, 0) is 26.1 Å². The van der Waals surface area contributed by atoms with E-state index in [1.807, 2.05) is 0 Å². The van der Waals surface area contributed by atoms with E-state index < -0.39 is 22.1 Å². The van der Waals surface area contributed by atoms with E-state index in [1.165, 1.54) is 40.9 Å². The fourth-order valence-electron chi connectivity index (χ4n) is 3.18. The fraction of sp³-hybridized carbons (Fsp3) is 0.450. The molecule has 2 aromatic heterocycles. The second kappa shape index (κ2) is 10.0. The highest BCUT2D eigenvalue weighted by atomic mass is 32.2. The van der Waals surface area contributed by atoms with Crippen LogP contribution in [0.25, 0.3) is 0 Å². The first-order valence-corrected chi connectivity index (χ1v) is 13.0. The number of ether oxygens (including phenoxy) is 1. The zero-order valence-electron chi connectivity index (χ0n) is 17.3. The van der Waals surface area contributed by atoms with Crippen molar-refractivity contribution in [1.29, 1.82) is 0 Å². The first kappa shape index (κ1) is 23.6. The molecule has 0 spiro atoms. The molecule has 11 heteroatoms. The first-order valence-electron chi connectivity index (χ1n) is 9.86. The highest BCUT2D eigenvalue weighted by molar-refractivity contribution is 7.89. The van der Waals surface area contributed by atoms with Crippen molar-refractivity contribution in [2.24, 2.45) is 0 Å². The molecule has 0 unspecified atom stereocenters. The summed E-state index contributed by atoms with van der Waals surface area (Å²) in [7, 11) is -3.79. The van der Waals surface area contributed by atoms with Gasteiger partial charge in [0.1, 0.15) is 9.77 Å². The van der Waals surface area contributed by atoms with E-state index >= 15 is 0 Å². The molecular formula is C20H24N2O6S3. The molecular weight excluding hydrogens is 460 g/mol. The van der Waals surface area contributed by atoms with Crippen LogP contribution in [0, 0.1) is 0 Å². The van der Waals surface area contributed by atoms with E-state index in [9.17, 15) is 22.8 Å². The van der Waals surface area contributed by atoms with Gasteiger partial charge in [0.25, 0.3) is 0 Å². The molecule has 168 valence electrons. The fourth-order valence-corrected chi connectivity index (χ4v) is 6.93. The molecule has 1 aliphatic rings. The van der Waals surface area contributed by atoms with Gasteiger partial charge >= 0.3 is 5.97 Å². The Kier molecular flexibility index (Phi) is 7.63. The molecule has 0 aliphatic carbocycles. The summed E-state index contributed by atoms with van der Waals surface area (Å²) in [4.78, 5) is 37.5. The summed E-state index contributed by atoms with van der Waals surface area (Å²) in [6.07, 6.45) is 1.49. The summed E-state index contributed by atoms with van der Waals surface area (Å²) < 4.78 is 32.6. The lowest BCUT2D eigenvalue weighted by Crippen LogP contribution is -2.36. The lowest BCUT2D eigenvalue weighted by atomic mass is 10.2. The quantitative estimate of drug-likeness (QED) is 0.456. The first-order chi connectivity index (χ1) is 14.7. The van der Waals surface area contributed by atoms with Crippen molar-refractivity contribution in [1.82, 2.24) is 9.62 Å². The summed E-state index contributed by atoms with van der Waals surface area (Å²) >= 11 is 2.19. The Labute approximate surface area is 189 Å². The van der Waals surface area contributed by atoms with Crippen molar-refractivity contribution >= 4 is 50.4 Å². The zero-order valence-corrected chi connectivity index (χ0v) is 19.7. The monoisotopic (exact) mass is 484 g/mol. The molecule has 2 aromatic rings. The molecule has 3 heterocycles. The third-order valence-corrected chi connectivity index (χ3v) is 8.88. The molecule has 1 N–H and O–H groups in total. The minimum absolute atomic E-state index is 0.0252. The highest BCUT2D eigenvalue weighted by Gasteiger charge is 2.32. The van der Waals surface area contributed by atoms with Crippen molar-refractivity contribution in [3.63, 3.8) is 0 Å². The standard InChI is InChI=1S/C20H24N2O6S3/c1-13(18(24)16-7-6-15(30-16)12-21-14(2)23)28-20(25)19-17(8-11-29-19)31(26,27)22-9-4-3-5-10-22/h6-8,11,13H,3-5,9-10,12H2,1-2H3,(H,21,23)/t13-/m1/s1. The van der Waals surface area contributed by atoms with Gasteiger partial charge in [0.05, 0.1) is 11.4 Å². The summed E-state index contributed by atoms with van der Waals surface area (Å²) in [5.74, 6) is -1.39. The predicted octanol–water partition coefficient (Wildman–Crippen LogP) is 3.05. The summed E-state index contributed by atoms with van der Waals surface area (Å²) in [6, 6.07) is 4.75. The molecule has 0 saturated carbocycles. The molecule has 1 aliphatic heterocycles. The number of esters is 1. The highest BCUT2D eigenvalue weighted by Crippen LogP contribution is 2.28. The van der Waals surface area contributed by atoms with Gasteiger partial charge < -0.3 is 10.1 Å². The second-order valence-corrected chi connectivity index (χ2v) is 11.2. The molecule has 0 radical (unpaired) electrons. The van der Waals surface area contributed by atoms with E-state index in [0.29, 0.717) is 24.5 Å². The molecule has 1 fully saturated rings. The number of carbonyl (C=O) groups is 3. The van der Waals surface area contributed by atoms with E-state index in [0.717, 1.165) is 35.5 Å². The number of nitrogens with one attached hydrogen (secondary N) is 1. The number of hydrogen-bond donors (Lipinski definition) is 1. The number of rotatable bonds is 8. The number of ketones is 1. The Bertz CT molecular complexity index is 1070. The molecule has 3 rings (SSSR count). The van der Waals surface area contributed by atoms with Gasteiger partial charge in [-0.25, -0.2) is 13.2 Å². The van der Waals surface area contributed by atoms with Gasteiger partial charge in [-0.2, -0.15) is 4.31 Å². The van der Waals surface area contributed by atoms with Crippen LogP contribution in [0.2, 0.25) is 0 Å². The zero-order chi connectivity index (χ0) is 22.6. The van der Waals surface area contributed by atoms with Crippen LogP contribution >= 0.6 is 22.7 Å². The Morgan fingerprint density at radius 2 is 1.87 bits per heavy atom. The Morgan fingerprint density at radius 3 is 2.55 bits per heavy atom. The Hall–Kier alpha value is -2.08. The number of carbonyl (C=O) groups excluding carboxylic acids is 3. The molecule has 1 amide bonds. The van der Waals surface area contributed by atoms with Crippen molar-refractivity contribution in [3.05, 3.63) is 38.2 Å². The molecule has 1 atom stereocenters. The topological polar surface area (TPSA) is 110 Å². The van der Waals surface area contributed by atoms with Crippen molar-refractivity contribution in [3.8, 4) is 0 Å². The number of amides is 1. The number of Topliss-reactive ketones (excluding diaryl/α,β-unsaturated/α-hetero) is 1. The van der Waals surface area contributed by atoms with Gasteiger partial charge in [0.15, 0.2) is 6.10 Å². The van der Waals surface area contributed by atoms with Gasteiger partial charge in [0.2, 0.25) is 21.7 Å². The van der Waals surface area contributed by atoms with E-state index in [2.05, 4.69) is 5.32 Å². The van der Waals surface area contributed by atoms with Gasteiger partial charge in [-0.15, -0.1) is 22.7 Å². The summed E-state index contributed by atoms with van der Waals surface area (Å²) in [5, 5.41) is 4.19. The van der Waals surface area contributed by atoms with Crippen LogP contribution < -0.4 is 5.32 Å². The van der Waals surface area contributed by atoms with Crippen LogP contribution in [-0.4, -0.2) is 49.6 Å². The summed E-state index contributed by atoms with van der Waals surface area (Å²) in [5.41, 5.74) is 0. The third-order valence-electron chi connectivity index (χ3n) is 4.82. The number of nitrogens with zero attached hydrogens (tertiary/aromatic N) is 1. The van der Waals surface area contributed by atoms with E-state index in [1.54, 1.807) is 12.1 Å². The van der Waals surface area contributed by atoms with Gasteiger partial charge in [-0.3, -0.25) is 9.59 Å². The maximum Gasteiger partial charge on any atom is 0.350 e. The average molecular weight is 485 g/mol. The molecule has 31 heavy (non-hydrogen) atoms. The lowest BCUT2D eigenvalue weighted by molar-refractivity contribution is -0.119. The molecule has 8 nitrogen and oxygen atoms in total. The van der Waals surface area contributed by atoms with Gasteiger partial charge in [-0.05, 0) is 43.3 Å². The van der Waals surface area contributed by atoms with Crippen molar-refractivity contribution in [2.75, 3.05) is 13.1 Å². The van der Waals surface area contributed by atoms with Gasteiger partial charge in [0, 0.05) is 24.9 Å². The van der Waals surface area contributed by atoms with Crippen molar-refractivity contribution in [2.45, 2.75) is 50.7 Å². The number of hydrogen-bond acceptors (Lipinski definition) is 8. The van der Waals surface area contributed by atoms with Crippen LogP contribution in [0.5, 0.6) is 0 Å².